The first-order valence-electron chi connectivity index (χ1n) is 11.1. The molecule has 0 aromatic rings. The van der Waals surface area contributed by atoms with Gasteiger partial charge in [-0.2, -0.15) is 0 Å². The number of hydrogen-bond acceptors (Lipinski definition) is 4. The Morgan fingerprint density at radius 3 is 2.21 bits per heavy atom. The van der Waals surface area contributed by atoms with Crippen molar-refractivity contribution in [2.75, 3.05) is 32.7 Å². The van der Waals surface area contributed by atoms with Crippen molar-refractivity contribution in [3.8, 4) is 0 Å². The van der Waals surface area contributed by atoms with E-state index in [4.69, 9.17) is 0 Å². The van der Waals surface area contributed by atoms with E-state index in [1.54, 1.807) is 0 Å². The molecule has 158 valence electrons. The molecular formula is C21H36N4O3. The number of nitrogens with zero attached hydrogens (tertiary/aromatic N) is 3. The Bertz CT molecular complexity index is 588. The van der Waals surface area contributed by atoms with E-state index in [1.165, 1.54) is 4.90 Å². The molecule has 0 bridgehead atoms. The number of likely N-dealkylation sites (tertiary alicyclic amines) is 2. The SMILES string of the molecule is CCCN1CCC2(CC1)NC(=O)N(C1CCN(C(=O)C(CC)CC)CC1)C2=O. The molecule has 3 saturated heterocycles. The summed E-state index contributed by atoms with van der Waals surface area (Å²) >= 11 is 0. The fraction of sp³-hybridized carbons (Fsp3) is 0.857. The number of imide groups is 1. The first-order chi connectivity index (χ1) is 13.5. The Labute approximate surface area is 168 Å². The normalized spacial score (nSPS) is 23.7. The van der Waals surface area contributed by atoms with Crippen LogP contribution in [0.5, 0.6) is 0 Å². The standard InChI is InChI=1S/C21H36N4O3/c1-4-11-23-14-9-21(10-15-23)19(27)25(20(28)22-21)17-7-12-24(13-8-17)18(26)16(5-2)6-3/h16-17H,4-15H2,1-3H3,(H,22,28). The number of rotatable bonds is 6. The van der Waals surface area contributed by atoms with Crippen LogP contribution in [0.3, 0.4) is 0 Å². The second-order valence-electron chi connectivity index (χ2n) is 8.60. The van der Waals surface area contributed by atoms with Crippen molar-refractivity contribution >= 4 is 17.8 Å². The topological polar surface area (TPSA) is 73.0 Å². The predicted octanol–water partition coefficient (Wildman–Crippen LogP) is 2.21. The molecular weight excluding hydrogens is 356 g/mol. The second-order valence-corrected chi connectivity index (χ2v) is 8.60. The maximum Gasteiger partial charge on any atom is 0.325 e. The highest BCUT2D eigenvalue weighted by molar-refractivity contribution is 6.07. The molecule has 3 aliphatic heterocycles. The van der Waals surface area contributed by atoms with Gasteiger partial charge in [0, 0.05) is 38.1 Å². The van der Waals surface area contributed by atoms with Gasteiger partial charge in [-0.1, -0.05) is 20.8 Å². The van der Waals surface area contributed by atoms with Crippen LogP contribution >= 0.6 is 0 Å². The van der Waals surface area contributed by atoms with Crippen molar-refractivity contribution in [2.24, 2.45) is 5.92 Å². The van der Waals surface area contributed by atoms with Gasteiger partial charge in [-0.25, -0.2) is 4.79 Å². The zero-order valence-electron chi connectivity index (χ0n) is 17.7. The quantitative estimate of drug-likeness (QED) is 0.704. The van der Waals surface area contributed by atoms with Crippen molar-refractivity contribution in [3.63, 3.8) is 0 Å². The summed E-state index contributed by atoms with van der Waals surface area (Å²) in [6.07, 6.45) is 5.58. The largest absolute Gasteiger partial charge is 0.342 e. The lowest BCUT2D eigenvalue weighted by molar-refractivity contribution is -0.138. The molecule has 0 aromatic carbocycles. The van der Waals surface area contributed by atoms with Gasteiger partial charge >= 0.3 is 6.03 Å². The molecule has 3 heterocycles. The van der Waals surface area contributed by atoms with E-state index in [0.717, 1.165) is 38.9 Å². The van der Waals surface area contributed by atoms with Crippen LogP contribution in [0, 0.1) is 5.92 Å². The van der Waals surface area contributed by atoms with E-state index in [1.807, 2.05) is 4.90 Å². The fourth-order valence-corrected chi connectivity index (χ4v) is 5.03. The Morgan fingerprint density at radius 2 is 1.68 bits per heavy atom. The molecule has 3 rings (SSSR count). The highest BCUT2D eigenvalue weighted by Crippen LogP contribution is 2.33. The number of nitrogens with one attached hydrogen (secondary N) is 1. The molecule has 7 nitrogen and oxygen atoms in total. The predicted molar refractivity (Wildman–Crippen MR) is 108 cm³/mol. The van der Waals surface area contributed by atoms with E-state index in [9.17, 15) is 14.4 Å². The van der Waals surface area contributed by atoms with E-state index in [0.29, 0.717) is 38.8 Å². The van der Waals surface area contributed by atoms with E-state index in [-0.39, 0.29) is 29.8 Å². The van der Waals surface area contributed by atoms with Gasteiger partial charge in [0.25, 0.3) is 5.91 Å². The molecule has 3 fully saturated rings. The van der Waals surface area contributed by atoms with Gasteiger partial charge in [0.1, 0.15) is 5.54 Å². The zero-order valence-corrected chi connectivity index (χ0v) is 17.7. The van der Waals surface area contributed by atoms with Crippen LogP contribution < -0.4 is 5.32 Å². The molecule has 28 heavy (non-hydrogen) atoms. The summed E-state index contributed by atoms with van der Waals surface area (Å²) in [6, 6.07) is -0.329. The molecule has 0 atom stereocenters. The number of amides is 4. The average Bonchev–Trinajstić information content (AvgIpc) is 2.94. The van der Waals surface area contributed by atoms with Crippen LogP contribution in [-0.4, -0.2) is 76.8 Å². The maximum absolute atomic E-state index is 13.2. The Balaban J connectivity index is 1.59. The minimum Gasteiger partial charge on any atom is -0.342 e. The van der Waals surface area contributed by atoms with Crippen LogP contribution in [0.15, 0.2) is 0 Å². The molecule has 0 unspecified atom stereocenters. The van der Waals surface area contributed by atoms with Crippen molar-refractivity contribution in [3.05, 3.63) is 0 Å². The number of piperidine rings is 2. The first kappa shape index (κ1) is 21.1. The molecule has 3 aliphatic rings. The zero-order chi connectivity index (χ0) is 20.3. The highest BCUT2D eigenvalue weighted by Gasteiger charge is 2.54. The summed E-state index contributed by atoms with van der Waals surface area (Å²) in [5.41, 5.74) is -0.705. The third kappa shape index (κ3) is 3.91. The van der Waals surface area contributed by atoms with Crippen LogP contribution in [0.2, 0.25) is 0 Å². The summed E-state index contributed by atoms with van der Waals surface area (Å²) in [5, 5.41) is 3.03. The van der Waals surface area contributed by atoms with Gasteiger partial charge in [-0.3, -0.25) is 14.5 Å². The second kappa shape index (κ2) is 8.80. The van der Waals surface area contributed by atoms with Gasteiger partial charge < -0.3 is 15.1 Å². The molecule has 0 saturated carbocycles. The van der Waals surface area contributed by atoms with Crippen LogP contribution in [-0.2, 0) is 9.59 Å². The lowest BCUT2D eigenvalue weighted by Gasteiger charge is -2.39. The molecule has 1 N–H and O–H groups in total. The molecule has 1 spiro atoms. The molecule has 7 heteroatoms. The van der Waals surface area contributed by atoms with E-state index >= 15 is 0 Å². The van der Waals surface area contributed by atoms with Gasteiger partial charge in [0.05, 0.1) is 0 Å². The van der Waals surface area contributed by atoms with Crippen LogP contribution in [0.4, 0.5) is 4.79 Å². The third-order valence-corrected chi connectivity index (χ3v) is 6.92. The van der Waals surface area contributed by atoms with E-state index in [2.05, 4.69) is 31.0 Å². The average molecular weight is 393 g/mol. The van der Waals surface area contributed by atoms with Gasteiger partial charge in [0.2, 0.25) is 5.91 Å². The van der Waals surface area contributed by atoms with Gasteiger partial charge in [0.15, 0.2) is 0 Å². The summed E-state index contributed by atoms with van der Waals surface area (Å²) in [7, 11) is 0. The third-order valence-electron chi connectivity index (χ3n) is 6.92. The van der Waals surface area contributed by atoms with Crippen LogP contribution in [0.1, 0.15) is 65.7 Å². The Morgan fingerprint density at radius 1 is 1.07 bits per heavy atom. The molecule has 0 aromatic heterocycles. The Hall–Kier alpha value is -1.63. The van der Waals surface area contributed by atoms with Crippen molar-refractivity contribution in [1.29, 1.82) is 0 Å². The number of hydrogen-bond donors (Lipinski definition) is 1. The molecule has 4 amide bonds. The van der Waals surface area contributed by atoms with Gasteiger partial charge in [-0.15, -0.1) is 0 Å². The lowest BCUT2D eigenvalue weighted by Crippen LogP contribution is -2.55. The summed E-state index contributed by atoms with van der Waals surface area (Å²) < 4.78 is 0. The van der Waals surface area contributed by atoms with Crippen LogP contribution in [0.25, 0.3) is 0 Å². The maximum atomic E-state index is 13.2. The Kier molecular flexibility index (Phi) is 6.63. The summed E-state index contributed by atoms with van der Waals surface area (Å²) in [5.74, 6) is 0.267. The smallest absolute Gasteiger partial charge is 0.325 e. The lowest BCUT2D eigenvalue weighted by atomic mass is 9.87. The monoisotopic (exact) mass is 392 g/mol. The number of carbonyl (C=O) groups excluding carboxylic acids is 3. The minimum absolute atomic E-state index is 0.0431. The summed E-state index contributed by atoms with van der Waals surface area (Å²) in [4.78, 5) is 44.3. The first-order valence-corrected chi connectivity index (χ1v) is 11.1. The van der Waals surface area contributed by atoms with Gasteiger partial charge in [-0.05, 0) is 51.5 Å². The molecule has 0 aliphatic carbocycles. The number of urea groups is 1. The van der Waals surface area contributed by atoms with E-state index < -0.39 is 5.54 Å². The highest BCUT2D eigenvalue weighted by atomic mass is 16.2. The summed E-state index contributed by atoms with van der Waals surface area (Å²) in [6.45, 7) is 10.3. The minimum atomic E-state index is -0.705. The molecule has 0 radical (unpaired) electrons. The van der Waals surface area contributed by atoms with Crippen molar-refractivity contribution < 1.29 is 14.4 Å². The number of carbonyl (C=O) groups is 3. The van der Waals surface area contributed by atoms with Crippen molar-refractivity contribution in [2.45, 2.75) is 77.3 Å². The van der Waals surface area contributed by atoms with Crippen molar-refractivity contribution in [1.82, 2.24) is 20.0 Å². The fourth-order valence-electron chi connectivity index (χ4n) is 5.03.